The molecule has 2 aliphatic rings. The molecule has 1 aromatic carbocycles. The van der Waals surface area contributed by atoms with E-state index in [9.17, 15) is 14.4 Å². The number of ether oxygens (including phenoxy) is 1. The predicted molar refractivity (Wildman–Crippen MR) is 99.5 cm³/mol. The number of rotatable bonds is 6. The van der Waals surface area contributed by atoms with E-state index in [0.717, 1.165) is 25.9 Å². The molecular weight excluding hydrogens is 348 g/mol. The number of amides is 2. The molecule has 27 heavy (non-hydrogen) atoms. The Morgan fingerprint density at radius 1 is 1.07 bits per heavy atom. The maximum Gasteiger partial charge on any atom is 0.306 e. The van der Waals surface area contributed by atoms with Gasteiger partial charge in [-0.3, -0.25) is 14.4 Å². The van der Waals surface area contributed by atoms with Crippen molar-refractivity contribution >= 4 is 23.5 Å². The van der Waals surface area contributed by atoms with Crippen LogP contribution in [0, 0.1) is 11.8 Å². The van der Waals surface area contributed by atoms with Crippen molar-refractivity contribution in [2.24, 2.45) is 11.8 Å². The summed E-state index contributed by atoms with van der Waals surface area (Å²) in [5, 5.41) is 11.9. The fourth-order valence-electron chi connectivity index (χ4n) is 3.71. The van der Waals surface area contributed by atoms with E-state index < -0.39 is 5.97 Å². The van der Waals surface area contributed by atoms with Crippen LogP contribution in [0.2, 0.25) is 0 Å². The Morgan fingerprint density at radius 2 is 1.74 bits per heavy atom. The number of carbonyl (C=O) groups is 3. The second-order valence-corrected chi connectivity index (χ2v) is 7.28. The Morgan fingerprint density at radius 3 is 2.41 bits per heavy atom. The van der Waals surface area contributed by atoms with Gasteiger partial charge in [0.05, 0.1) is 5.92 Å². The van der Waals surface area contributed by atoms with Crippen molar-refractivity contribution in [1.82, 2.24) is 4.90 Å². The molecule has 2 N–H and O–H groups in total. The molecule has 0 bridgehead atoms. The summed E-state index contributed by atoms with van der Waals surface area (Å²) in [7, 11) is 0. The molecule has 7 nitrogen and oxygen atoms in total. The number of carboxylic acids is 1. The number of nitrogens with one attached hydrogen (secondary N) is 1. The molecule has 2 amide bonds. The van der Waals surface area contributed by atoms with Gasteiger partial charge >= 0.3 is 5.97 Å². The van der Waals surface area contributed by atoms with Crippen LogP contribution >= 0.6 is 0 Å². The van der Waals surface area contributed by atoms with Gasteiger partial charge in [0.2, 0.25) is 5.91 Å². The van der Waals surface area contributed by atoms with E-state index in [1.54, 1.807) is 29.2 Å². The van der Waals surface area contributed by atoms with Gasteiger partial charge in [-0.15, -0.1) is 0 Å². The molecule has 1 aliphatic carbocycles. The molecule has 1 saturated carbocycles. The molecule has 2 fully saturated rings. The molecule has 1 aromatic rings. The lowest BCUT2D eigenvalue weighted by Crippen LogP contribution is -2.32. The molecule has 0 atom stereocenters. The van der Waals surface area contributed by atoms with Gasteiger partial charge in [-0.1, -0.05) is 6.07 Å². The molecule has 0 unspecified atom stereocenters. The Hall–Kier alpha value is -2.57. The topological polar surface area (TPSA) is 95.9 Å². The summed E-state index contributed by atoms with van der Waals surface area (Å²) in [5.41, 5.74) is 0.617. The Labute approximate surface area is 158 Å². The molecule has 1 aliphatic heterocycles. The summed E-state index contributed by atoms with van der Waals surface area (Å²) < 4.78 is 5.58. The summed E-state index contributed by atoms with van der Waals surface area (Å²) in [5.74, 6) is -0.848. The van der Waals surface area contributed by atoms with Gasteiger partial charge in [0, 0.05) is 30.8 Å². The van der Waals surface area contributed by atoms with Gasteiger partial charge in [0.25, 0.3) is 5.91 Å². The van der Waals surface area contributed by atoms with Gasteiger partial charge in [0.15, 0.2) is 6.61 Å². The van der Waals surface area contributed by atoms with E-state index in [1.807, 2.05) is 0 Å². The smallest absolute Gasteiger partial charge is 0.306 e. The van der Waals surface area contributed by atoms with Crippen molar-refractivity contribution < 1.29 is 24.2 Å². The Kier molecular flexibility index (Phi) is 6.32. The first-order valence-corrected chi connectivity index (χ1v) is 9.57. The van der Waals surface area contributed by atoms with Crippen LogP contribution in [0.3, 0.4) is 0 Å². The first-order valence-electron chi connectivity index (χ1n) is 9.57. The van der Waals surface area contributed by atoms with Crippen LogP contribution in [0.1, 0.15) is 38.5 Å². The molecule has 1 saturated heterocycles. The number of carboxylic acid groups (broad SMARTS) is 1. The van der Waals surface area contributed by atoms with Gasteiger partial charge in [-0.05, 0) is 50.7 Å². The van der Waals surface area contributed by atoms with E-state index in [2.05, 4.69) is 5.32 Å². The number of anilines is 1. The lowest BCUT2D eigenvalue weighted by molar-refractivity contribution is -0.143. The van der Waals surface area contributed by atoms with E-state index >= 15 is 0 Å². The molecule has 7 heteroatoms. The number of hydrogen-bond acceptors (Lipinski definition) is 4. The number of aliphatic carboxylic acids is 1. The number of benzene rings is 1. The largest absolute Gasteiger partial charge is 0.484 e. The number of nitrogens with zero attached hydrogens (tertiary/aromatic N) is 1. The SMILES string of the molecule is O=C(O)C1CCC(C(=O)Nc2cccc(OCC(=O)N3CCCC3)c2)CC1. The predicted octanol–water partition coefficient (Wildman–Crippen LogP) is 2.52. The van der Waals surface area contributed by atoms with E-state index in [-0.39, 0.29) is 30.3 Å². The van der Waals surface area contributed by atoms with Crippen LogP contribution in [0.25, 0.3) is 0 Å². The second kappa shape index (κ2) is 8.88. The van der Waals surface area contributed by atoms with Crippen LogP contribution < -0.4 is 10.1 Å². The standard InChI is InChI=1S/C20H26N2O5/c23-18(22-10-1-2-11-22)13-27-17-5-3-4-16(12-17)21-19(24)14-6-8-15(9-7-14)20(25)26/h3-5,12,14-15H,1-2,6-11,13H2,(H,21,24)(H,25,26). The zero-order valence-electron chi connectivity index (χ0n) is 15.4. The average molecular weight is 374 g/mol. The molecule has 1 heterocycles. The van der Waals surface area contributed by atoms with E-state index in [1.165, 1.54) is 0 Å². The summed E-state index contributed by atoms with van der Waals surface area (Å²) in [4.78, 5) is 37.3. The van der Waals surface area contributed by atoms with Crippen LogP contribution in [0.15, 0.2) is 24.3 Å². The van der Waals surface area contributed by atoms with Gasteiger partial charge in [-0.25, -0.2) is 0 Å². The number of hydrogen-bond donors (Lipinski definition) is 2. The fraction of sp³-hybridized carbons (Fsp3) is 0.550. The highest BCUT2D eigenvalue weighted by atomic mass is 16.5. The quantitative estimate of drug-likeness (QED) is 0.798. The van der Waals surface area contributed by atoms with Gasteiger partial charge < -0.3 is 20.1 Å². The summed E-state index contributed by atoms with van der Waals surface area (Å²) >= 11 is 0. The van der Waals surface area contributed by atoms with Gasteiger partial charge in [-0.2, -0.15) is 0 Å². The number of likely N-dealkylation sites (tertiary alicyclic amines) is 1. The minimum Gasteiger partial charge on any atom is -0.484 e. The van der Waals surface area contributed by atoms with E-state index in [0.29, 0.717) is 37.1 Å². The van der Waals surface area contributed by atoms with Crippen LogP contribution in [-0.2, 0) is 14.4 Å². The fourth-order valence-corrected chi connectivity index (χ4v) is 3.71. The lowest BCUT2D eigenvalue weighted by atomic mass is 9.81. The first-order chi connectivity index (χ1) is 13.0. The minimum absolute atomic E-state index is 0.00337. The molecule has 146 valence electrons. The molecular formula is C20H26N2O5. The van der Waals surface area contributed by atoms with Crippen LogP contribution in [-0.4, -0.2) is 47.5 Å². The van der Waals surface area contributed by atoms with Gasteiger partial charge in [0.1, 0.15) is 5.75 Å². The summed E-state index contributed by atoms with van der Waals surface area (Å²) in [6, 6.07) is 7.01. The highest BCUT2D eigenvalue weighted by Crippen LogP contribution is 2.30. The maximum atomic E-state index is 12.4. The van der Waals surface area contributed by atoms with Crippen molar-refractivity contribution in [2.45, 2.75) is 38.5 Å². The monoisotopic (exact) mass is 374 g/mol. The Balaban J connectivity index is 1.49. The molecule has 3 rings (SSSR count). The van der Waals surface area contributed by atoms with Crippen LogP contribution in [0.5, 0.6) is 5.75 Å². The Bertz CT molecular complexity index is 691. The minimum atomic E-state index is -0.776. The van der Waals surface area contributed by atoms with Crippen LogP contribution in [0.4, 0.5) is 5.69 Å². The maximum absolute atomic E-state index is 12.4. The second-order valence-electron chi connectivity index (χ2n) is 7.28. The summed E-state index contributed by atoms with van der Waals surface area (Å²) in [6.07, 6.45) is 4.33. The zero-order chi connectivity index (χ0) is 19.2. The highest BCUT2D eigenvalue weighted by molar-refractivity contribution is 5.92. The molecule has 0 spiro atoms. The lowest BCUT2D eigenvalue weighted by Gasteiger charge is -2.25. The van der Waals surface area contributed by atoms with Crippen molar-refractivity contribution in [3.05, 3.63) is 24.3 Å². The summed E-state index contributed by atoms with van der Waals surface area (Å²) in [6.45, 7) is 1.58. The third kappa shape index (κ3) is 5.21. The normalized spacial score (nSPS) is 22.3. The third-order valence-electron chi connectivity index (χ3n) is 5.37. The van der Waals surface area contributed by atoms with Crippen molar-refractivity contribution in [1.29, 1.82) is 0 Å². The first kappa shape index (κ1) is 19.2. The van der Waals surface area contributed by atoms with Crippen molar-refractivity contribution in [3.8, 4) is 5.75 Å². The molecule has 0 radical (unpaired) electrons. The highest BCUT2D eigenvalue weighted by Gasteiger charge is 2.29. The van der Waals surface area contributed by atoms with Crippen molar-refractivity contribution in [3.63, 3.8) is 0 Å². The average Bonchev–Trinajstić information content (AvgIpc) is 3.21. The van der Waals surface area contributed by atoms with Crippen molar-refractivity contribution in [2.75, 3.05) is 25.0 Å². The number of carbonyl (C=O) groups excluding carboxylic acids is 2. The van der Waals surface area contributed by atoms with E-state index in [4.69, 9.17) is 9.84 Å². The zero-order valence-corrected chi connectivity index (χ0v) is 15.4. The molecule has 0 aromatic heterocycles. The third-order valence-corrected chi connectivity index (χ3v) is 5.37.